The minimum atomic E-state index is -0.975. The summed E-state index contributed by atoms with van der Waals surface area (Å²) in [6, 6.07) is 15.1. The van der Waals surface area contributed by atoms with E-state index in [0.717, 1.165) is 22.8 Å². The smallest absolute Gasteiger partial charge is 0.274 e. The van der Waals surface area contributed by atoms with E-state index in [9.17, 15) is 24.4 Å². The van der Waals surface area contributed by atoms with Gasteiger partial charge >= 0.3 is 0 Å². The summed E-state index contributed by atoms with van der Waals surface area (Å²) in [5.74, 6) is -1.34. The van der Waals surface area contributed by atoms with E-state index in [-0.39, 0.29) is 36.3 Å². The lowest BCUT2D eigenvalue weighted by Gasteiger charge is -2.28. The fourth-order valence-electron chi connectivity index (χ4n) is 5.77. The van der Waals surface area contributed by atoms with E-state index < -0.39 is 35.8 Å². The van der Waals surface area contributed by atoms with Gasteiger partial charge in [-0.15, -0.1) is 0 Å². The fourth-order valence-corrected chi connectivity index (χ4v) is 5.77. The first-order valence-electron chi connectivity index (χ1n) is 15.6. The molecular weight excluding hydrogens is 572 g/mol. The van der Waals surface area contributed by atoms with E-state index in [1.54, 1.807) is 6.92 Å². The van der Waals surface area contributed by atoms with Crippen LogP contribution in [0.2, 0.25) is 0 Å². The second-order valence-electron chi connectivity index (χ2n) is 12.2. The van der Waals surface area contributed by atoms with Crippen LogP contribution in [-0.2, 0) is 20.8 Å². The number of rotatable bonds is 14. The molecule has 1 aliphatic rings. The number of aryl methyl sites for hydroxylation is 2. The van der Waals surface area contributed by atoms with Gasteiger partial charge in [0.1, 0.15) is 17.8 Å². The summed E-state index contributed by atoms with van der Waals surface area (Å²) in [6.07, 6.45) is 3.02. The number of nitrogens with one attached hydrogen (secondary N) is 4. The molecule has 0 spiro atoms. The zero-order valence-corrected chi connectivity index (χ0v) is 26.1. The van der Waals surface area contributed by atoms with Crippen molar-refractivity contribution in [3.63, 3.8) is 0 Å². The Morgan fingerprint density at radius 1 is 1.07 bits per heavy atom. The van der Waals surface area contributed by atoms with Gasteiger partial charge in [0, 0.05) is 24.6 Å². The Balaban J connectivity index is 1.51. The van der Waals surface area contributed by atoms with Crippen LogP contribution >= 0.6 is 0 Å². The first-order valence-corrected chi connectivity index (χ1v) is 15.6. The molecule has 0 saturated carbocycles. The van der Waals surface area contributed by atoms with Gasteiger partial charge < -0.3 is 25.8 Å². The maximum Gasteiger partial charge on any atom is 0.274 e. The van der Waals surface area contributed by atoms with Crippen LogP contribution in [0.5, 0.6) is 0 Å². The lowest BCUT2D eigenvalue weighted by Crippen LogP contribution is -2.55. The molecule has 2 aromatic carbocycles. The van der Waals surface area contributed by atoms with E-state index in [4.69, 9.17) is 4.52 Å². The van der Waals surface area contributed by atoms with E-state index in [0.29, 0.717) is 38.0 Å². The van der Waals surface area contributed by atoms with Gasteiger partial charge in [0.25, 0.3) is 5.91 Å². The molecule has 238 valence electrons. The summed E-state index contributed by atoms with van der Waals surface area (Å²) >= 11 is 0. The third-order valence-corrected chi connectivity index (χ3v) is 8.06. The molecule has 1 aliphatic heterocycles. The molecular formula is C34H42N6O5. The lowest BCUT2D eigenvalue weighted by atomic mass is 9.90. The second kappa shape index (κ2) is 15.8. The summed E-state index contributed by atoms with van der Waals surface area (Å²) < 4.78 is 5.05. The normalized spacial score (nSPS) is 16.7. The average Bonchev–Trinajstić information content (AvgIpc) is 3.46. The molecule has 0 unspecified atom stereocenters. The van der Waals surface area contributed by atoms with Gasteiger partial charge in [-0.25, -0.2) is 0 Å². The Bertz CT molecular complexity index is 1540. The predicted molar refractivity (Wildman–Crippen MR) is 169 cm³/mol. The third-order valence-electron chi connectivity index (χ3n) is 8.06. The van der Waals surface area contributed by atoms with Crippen LogP contribution in [0, 0.1) is 30.1 Å². The number of nitriles is 1. The van der Waals surface area contributed by atoms with Crippen LogP contribution < -0.4 is 21.3 Å². The summed E-state index contributed by atoms with van der Waals surface area (Å²) in [6.45, 7) is 6.18. The van der Waals surface area contributed by atoms with Gasteiger partial charge in [0.2, 0.25) is 17.7 Å². The molecule has 11 nitrogen and oxygen atoms in total. The number of piperidine rings is 1. The predicted octanol–water partition coefficient (Wildman–Crippen LogP) is 3.71. The Kier molecular flexibility index (Phi) is 11.7. The zero-order valence-electron chi connectivity index (χ0n) is 26.1. The first kappa shape index (κ1) is 33.2. The molecule has 0 radical (unpaired) electrons. The monoisotopic (exact) mass is 614 g/mol. The number of benzene rings is 2. The van der Waals surface area contributed by atoms with Crippen molar-refractivity contribution in [1.29, 1.82) is 5.26 Å². The van der Waals surface area contributed by atoms with Gasteiger partial charge in [-0.05, 0) is 67.7 Å². The molecule has 11 heteroatoms. The number of hydrogen-bond donors (Lipinski definition) is 4. The maximum absolute atomic E-state index is 13.8. The highest BCUT2D eigenvalue weighted by molar-refractivity contribution is 5.97. The van der Waals surface area contributed by atoms with Crippen molar-refractivity contribution in [2.45, 2.75) is 83.8 Å². The molecule has 4 N–H and O–H groups in total. The van der Waals surface area contributed by atoms with Crippen LogP contribution in [0.15, 0.2) is 53.1 Å². The summed E-state index contributed by atoms with van der Waals surface area (Å²) in [4.78, 5) is 52.8. The number of fused-ring (bicyclic) bond motifs is 1. The second-order valence-corrected chi connectivity index (χ2v) is 12.2. The molecule has 0 bridgehead atoms. The molecule has 4 atom stereocenters. The number of carbonyl (C=O) groups is 4. The Morgan fingerprint density at radius 3 is 2.53 bits per heavy atom. The quantitative estimate of drug-likeness (QED) is 0.215. The lowest BCUT2D eigenvalue weighted by molar-refractivity contribution is -0.131. The van der Waals surface area contributed by atoms with Crippen molar-refractivity contribution in [3.05, 3.63) is 65.5 Å². The Hall–Kier alpha value is -4.72. The third kappa shape index (κ3) is 9.38. The number of carbonyl (C=O) groups excluding carboxylic acids is 4. The maximum atomic E-state index is 13.8. The van der Waals surface area contributed by atoms with Crippen LogP contribution in [0.4, 0.5) is 0 Å². The van der Waals surface area contributed by atoms with Crippen molar-refractivity contribution in [1.82, 2.24) is 26.4 Å². The number of amides is 4. The standard InChI is InChI=1S/C34H42N6O5/c1-21(2)18-29(33(43)37-26(15-16-35)20-25-11-7-17-36-31(25)41)39-32(42)28(38-34(44)30-19-22(3)45-40-30)14-13-24-10-6-9-23-8-4-5-12-27(23)24/h4-6,8-10,12,19,21,25-26,28-29H,7,11,13-15,17-18,20H2,1-3H3,(H,36,41)(H,37,43)(H,38,44)(H,39,42)/t25-,26+,28-,29-/m0/s1. The van der Waals surface area contributed by atoms with Crippen molar-refractivity contribution < 1.29 is 23.7 Å². The van der Waals surface area contributed by atoms with Crippen molar-refractivity contribution in [2.24, 2.45) is 11.8 Å². The molecule has 2 heterocycles. The first-order chi connectivity index (χ1) is 21.6. The Labute approximate surface area is 263 Å². The zero-order chi connectivity index (χ0) is 32.3. The molecule has 1 saturated heterocycles. The molecule has 1 aromatic heterocycles. The van der Waals surface area contributed by atoms with E-state index in [2.05, 4.69) is 32.5 Å². The van der Waals surface area contributed by atoms with Crippen molar-refractivity contribution >= 4 is 34.4 Å². The molecule has 4 amide bonds. The molecule has 3 aromatic rings. The van der Waals surface area contributed by atoms with Crippen molar-refractivity contribution in [3.8, 4) is 6.07 Å². The fraction of sp³-hybridized carbons (Fsp3) is 0.471. The topological polar surface area (TPSA) is 166 Å². The van der Waals surface area contributed by atoms with E-state index >= 15 is 0 Å². The molecule has 45 heavy (non-hydrogen) atoms. The molecule has 0 aliphatic carbocycles. The van der Waals surface area contributed by atoms with Crippen molar-refractivity contribution in [2.75, 3.05) is 6.54 Å². The summed E-state index contributed by atoms with van der Waals surface area (Å²) in [7, 11) is 0. The number of hydrogen-bond acceptors (Lipinski definition) is 7. The van der Waals surface area contributed by atoms with Gasteiger partial charge in [0.05, 0.1) is 12.5 Å². The largest absolute Gasteiger partial charge is 0.361 e. The molecule has 4 rings (SSSR count). The van der Waals surface area contributed by atoms with E-state index in [1.807, 2.05) is 56.3 Å². The Morgan fingerprint density at radius 2 is 1.82 bits per heavy atom. The molecule has 1 fully saturated rings. The SMILES string of the molecule is Cc1cc(C(=O)N[C@@H](CCc2cccc3ccccc23)C(=O)N[C@@H](CC(C)C)C(=O)N[C@H](CC#N)C[C@@H]2CCCNC2=O)no1. The minimum absolute atomic E-state index is 0.0404. The number of aromatic nitrogens is 1. The average molecular weight is 615 g/mol. The van der Waals surface area contributed by atoms with Gasteiger partial charge in [0.15, 0.2) is 5.69 Å². The van der Waals surface area contributed by atoms with Gasteiger partial charge in [-0.3, -0.25) is 19.2 Å². The van der Waals surface area contributed by atoms with E-state index in [1.165, 1.54) is 6.07 Å². The highest BCUT2D eigenvalue weighted by Crippen LogP contribution is 2.21. The summed E-state index contributed by atoms with van der Waals surface area (Å²) in [5, 5.41) is 26.8. The van der Waals surface area contributed by atoms with Crippen LogP contribution in [0.25, 0.3) is 10.8 Å². The van der Waals surface area contributed by atoms with Crippen LogP contribution in [0.3, 0.4) is 0 Å². The highest BCUT2D eigenvalue weighted by Gasteiger charge is 2.31. The van der Waals surface area contributed by atoms with Crippen LogP contribution in [-0.4, -0.2) is 53.5 Å². The van der Waals surface area contributed by atoms with Crippen LogP contribution in [0.1, 0.15) is 74.2 Å². The number of nitrogens with zero attached hydrogens (tertiary/aromatic N) is 2. The highest BCUT2D eigenvalue weighted by atomic mass is 16.5. The minimum Gasteiger partial charge on any atom is -0.361 e. The van der Waals surface area contributed by atoms with Gasteiger partial charge in [-0.1, -0.05) is 61.5 Å². The summed E-state index contributed by atoms with van der Waals surface area (Å²) in [5.41, 5.74) is 1.08. The van der Waals surface area contributed by atoms with Gasteiger partial charge in [-0.2, -0.15) is 5.26 Å².